The molecule has 18 nitrogen and oxygen atoms in total. The average molecular weight is 1050 g/mol. The molecule has 7 atom stereocenters. The van der Waals surface area contributed by atoms with Gasteiger partial charge < -0.3 is 43.7 Å². The summed E-state index contributed by atoms with van der Waals surface area (Å²) in [6.07, 6.45) is -0.996. The Morgan fingerprint density at radius 1 is 0.740 bits per heavy atom. The number of cyclic esters (lactones) is 1. The van der Waals surface area contributed by atoms with Gasteiger partial charge >= 0.3 is 29.9 Å². The van der Waals surface area contributed by atoms with E-state index in [1.165, 1.54) is 45.6 Å². The number of anilines is 1. The highest BCUT2D eigenvalue weighted by Gasteiger charge is 2.76. The largest absolute Gasteiger partial charge is 0.508 e. The number of methoxy groups -OCH3 is 5. The number of phenolic OH excluding ortho intramolecular Hbond substituents is 1. The summed E-state index contributed by atoms with van der Waals surface area (Å²) in [4.78, 5) is 108. The SMILES string of the molecule is COC(=O)C(CC#Cc1ccc2c(c1)[C@]1(C(=O)N2C(=O)N[C@H](C(=O)OC)C(C)C)[C@H](c2ccc(O)cc2)N2[C@H](c3ccccc3)[C@H](c3ccccc3)OC(=O)[C@H]2[C@@H]1C(=O)N1CCc2cc(OC)c(OC)cc2C1)C(=O)OC. The van der Waals surface area contributed by atoms with Crippen LogP contribution in [-0.2, 0) is 66.1 Å². The van der Waals surface area contributed by atoms with Gasteiger partial charge in [0.05, 0.1) is 59.2 Å². The summed E-state index contributed by atoms with van der Waals surface area (Å²) < 4.78 is 32.8. The van der Waals surface area contributed by atoms with Crippen molar-refractivity contribution in [2.75, 3.05) is 47.0 Å². The zero-order chi connectivity index (χ0) is 54.9. The van der Waals surface area contributed by atoms with Gasteiger partial charge in [0.25, 0.3) is 0 Å². The molecule has 4 aliphatic rings. The van der Waals surface area contributed by atoms with E-state index in [1.54, 1.807) is 43.0 Å². The molecule has 1 spiro atoms. The highest BCUT2D eigenvalue weighted by atomic mass is 16.6. The first-order chi connectivity index (χ1) is 37.1. The second-order valence-electron chi connectivity index (χ2n) is 19.5. The molecule has 0 radical (unpaired) electrons. The fraction of sp³-hybridized carbons (Fsp3) is 0.339. The summed E-state index contributed by atoms with van der Waals surface area (Å²) in [5.41, 5.74) is 1.43. The Morgan fingerprint density at radius 3 is 1.95 bits per heavy atom. The molecule has 2 N–H and O–H groups in total. The van der Waals surface area contributed by atoms with E-state index in [-0.39, 0.29) is 42.1 Å². The number of rotatable bonds is 12. The fourth-order valence-corrected chi connectivity index (χ4v) is 11.5. The Labute approximate surface area is 445 Å². The molecule has 2 saturated heterocycles. The Morgan fingerprint density at radius 2 is 1.35 bits per heavy atom. The summed E-state index contributed by atoms with van der Waals surface area (Å²) in [6.45, 7) is 3.56. The average Bonchev–Trinajstić information content (AvgIpc) is 4.05. The van der Waals surface area contributed by atoms with E-state index in [0.717, 1.165) is 30.2 Å². The molecule has 4 heterocycles. The fourth-order valence-electron chi connectivity index (χ4n) is 11.5. The van der Waals surface area contributed by atoms with Crippen LogP contribution in [-0.4, -0.2) is 111 Å². The number of carbonyl (C=O) groups is 7. The van der Waals surface area contributed by atoms with Gasteiger partial charge in [-0.1, -0.05) is 98.5 Å². The Kier molecular flexibility index (Phi) is 15.1. The Bertz CT molecular complexity index is 3180. The maximum Gasteiger partial charge on any atom is 0.329 e. The van der Waals surface area contributed by atoms with E-state index in [1.807, 2.05) is 71.6 Å². The highest BCUT2D eigenvalue weighted by Crippen LogP contribution is 2.66. The van der Waals surface area contributed by atoms with Gasteiger partial charge in [-0.25, -0.2) is 14.5 Å². The predicted octanol–water partition coefficient (Wildman–Crippen LogP) is 6.27. The van der Waals surface area contributed by atoms with Gasteiger partial charge in [-0.05, 0) is 88.2 Å². The molecule has 4 aliphatic heterocycles. The van der Waals surface area contributed by atoms with E-state index in [2.05, 4.69) is 17.2 Å². The zero-order valence-corrected chi connectivity index (χ0v) is 43.5. The van der Waals surface area contributed by atoms with Crippen LogP contribution in [0.1, 0.15) is 77.4 Å². The second kappa shape index (κ2) is 21.9. The Hall–Kier alpha value is -8.69. The smallest absolute Gasteiger partial charge is 0.329 e. The van der Waals surface area contributed by atoms with E-state index < -0.39 is 95.2 Å². The third-order valence-electron chi connectivity index (χ3n) is 15.1. The van der Waals surface area contributed by atoms with Crippen molar-refractivity contribution in [2.45, 2.75) is 68.9 Å². The molecule has 9 rings (SSSR count). The van der Waals surface area contributed by atoms with Crippen LogP contribution in [0.5, 0.6) is 17.2 Å². The number of carbonyl (C=O) groups excluding carboxylic acids is 7. The van der Waals surface area contributed by atoms with Gasteiger partial charge in [-0.2, -0.15) is 0 Å². The molecule has 2 fully saturated rings. The first-order valence-electron chi connectivity index (χ1n) is 25.0. The molecule has 0 aliphatic carbocycles. The number of urea groups is 1. The van der Waals surface area contributed by atoms with Crippen LogP contribution in [0, 0.1) is 29.6 Å². The van der Waals surface area contributed by atoms with E-state index in [4.69, 9.17) is 28.4 Å². The molecule has 5 aromatic rings. The molecule has 18 heteroatoms. The minimum absolute atomic E-state index is 0.0129. The minimum atomic E-state index is -2.24. The summed E-state index contributed by atoms with van der Waals surface area (Å²) in [5, 5.41) is 13.6. The third kappa shape index (κ3) is 9.34. The van der Waals surface area contributed by atoms with Crippen molar-refractivity contribution in [1.82, 2.24) is 15.1 Å². The van der Waals surface area contributed by atoms with Crippen LogP contribution in [0.25, 0.3) is 0 Å². The summed E-state index contributed by atoms with van der Waals surface area (Å²) in [7, 11) is 6.48. The number of phenols is 1. The standard InChI is InChI=1S/C59H58N4O14/c1-33(2)47(55(68)76-7)60-58(71)62-43-26-21-34(15-14-20-41(53(66)74-5)54(67)75-6)29-42(43)59(57(62)70)46(52(65)61-28-27-38-30-44(72-3)45(73-4)31-39(38)32-61)49-56(69)77-50(36-18-12-9-13-19-36)48(35-16-10-8-11-17-35)63(49)51(59)37-22-24-40(64)25-23-37/h8-13,16-19,21-26,29-31,33,41,46-51,64H,20,27-28,32H2,1-7H3,(H,60,71)/t46-,47+,48-,49-,50+,51+,59-/m1/s1. The van der Waals surface area contributed by atoms with Gasteiger partial charge in [0, 0.05) is 25.1 Å². The van der Waals surface area contributed by atoms with Crippen LogP contribution in [0.3, 0.4) is 0 Å². The minimum Gasteiger partial charge on any atom is -0.508 e. The van der Waals surface area contributed by atoms with Crippen LogP contribution in [0.15, 0.2) is 115 Å². The van der Waals surface area contributed by atoms with Crippen molar-refractivity contribution in [1.29, 1.82) is 0 Å². The summed E-state index contributed by atoms with van der Waals surface area (Å²) >= 11 is 0. The lowest BCUT2D eigenvalue weighted by Gasteiger charge is -2.46. The number of benzene rings is 5. The molecule has 398 valence electrons. The van der Waals surface area contributed by atoms with Crippen molar-refractivity contribution >= 4 is 47.4 Å². The third-order valence-corrected chi connectivity index (χ3v) is 15.1. The van der Waals surface area contributed by atoms with Crippen molar-refractivity contribution in [2.24, 2.45) is 17.8 Å². The first kappa shape index (κ1) is 53.1. The van der Waals surface area contributed by atoms with Crippen LogP contribution < -0.4 is 19.7 Å². The number of fused-ring (bicyclic) bond motifs is 4. The number of nitrogens with one attached hydrogen (secondary N) is 1. The monoisotopic (exact) mass is 1050 g/mol. The number of nitrogens with zero attached hydrogens (tertiary/aromatic N) is 3. The van der Waals surface area contributed by atoms with Crippen molar-refractivity contribution in [3.63, 3.8) is 0 Å². The predicted molar refractivity (Wildman–Crippen MR) is 277 cm³/mol. The lowest BCUT2D eigenvalue weighted by molar-refractivity contribution is -0.179. The van der Waals surface area contributed by atoms with Gasteiger partial charge in [0.1, 0.15) is 29.4 Å². The molecule has 0 aromatic heterocycles. The van der Waals surface area contributed by atoms with Crippen molar-refractivity contribution in [3.8, 4) is 29.1 Å². The van der Waals surface area contributed by atoms with Crippen LogP contribution in [0.2, 0.25) is 0 Å². The molecular formula is C59H58N4O14. The topological polar surface area (TPSA) is 217 Å². The van der Waals surface area contributed by atoms with E-state index in [0.29, 0.717) is 34.6 Å². The first-order valence-corrected chi connectivity index (χ1v) is 25.0. The summed E-state index contributed by atoms with van der Waals surface area (Å²) in [6, 6.07) is 26.8. The molecule has 0 unspecified atom stereocenters. The maximum absolute atomic E-state index is 16.9. The lowest BCUT2D eigenvalue weighted by Crippen LogP contribution is -2.58. The second-order valence-corrected chi connectivity index (χ2v) is 19.5. The molecule has 0 bridgehead atoms. The van der Waals surface area contributed by atoms with E-state index in [9.17, 15) is 19.5 Å². The maximum atomic E-state index is 16.9. The molecule has 77 heavy (non-hydrogen) atoms. The number of hydrogen-bond acceptors (Lipinski definition) is 15. The molecule has 5 aromatic carbocycles. The van der Waals surface area contributed by atoms with Crippen molar-refractivity contribution in [3.05, 3.63) is 154 Å². The van der Waals surface area contributed by atoms with Gasteiger partial charge in [0.15, 0.2) is 17.4 Å². The molecule has 0 saturated carbocycles. The normalized spacial score (nSPS) is 21.7. The number of morpholine rings is 1. The number of amides is 4. The van der Waals surface area contributed by atoms with Crippen LogP contribution >= 0.6 is 0 Å². The Balaban J connectivity index is 1.35. The van der Waals surface area contributed by atoms with Crippen molar-refractivity contribution < 1.29 is 67.1 Å². The molecular weight excluding hydrogens is 989 g/mol. The van der Waals surface area contributed by atoms with Gasteiger partial charge in [-0.15, -0.1) is 0 Å². The number of ether oxygens (including phenoxy) is 6. The number of imide groups is 1. The highest BCUT2D eigenvalue weighted by molar-refractivity contribution is 6.25. The lowest BCUT2D eigenvalue weighted by atomic mass is 9.64. The summed E-state index contributed by atoms with van der Waals surface area (Å²) in [5.74, 6) is -1.72. The number of aromatic hydroxyl groups is 1. The van der Waals surface area contributed by atoms with Gasteiger partial charge in [-0.3, -0.25) is 28.9 Å². The number of hydrogen-bond donors (Lipinski definition) is 2. The zero-order valence-electron chi connectivity index (χ0n) is 43.5. The number of esters is 4. The quantitative estimate of drug-likeness (QED) is 0.0609. The van der Waals surface area contributed by atoms with Gasteiger partial charge in [0.2, 0.25) is 11.8 Å². The molecule has 4 amide bonds. The van der Waals surface area contributed by atoms with E-state index >= 15 is 19.2 Å². The van der Waals surface area contributed by atoms with Crippen LogP contribution in [0.4, 0.5) is 10.5 Å².